The van der Waals surface area contributed by atoms with Crippen LogP contribution in [0.2, 0.25) is 10.0 Å². The molecule has 2 rings (SSSR count). The highest BCUT2D eigenvalue weighted by Gasteiger charge is 2.11. The number of amides is 1. The third-order valence-corrected chi connectivity index (χ3v) is 3.21. The van der Waals surface area contributed by atoms with Gasteiger partial charge in [0.15, 0.2) is 0 Å². The summed E-state index contributed by atoms with van der Waals surface area (Å²) in [6, 6.07) is 5.64. The van der Waals surface area contributed by atoms with Gasteiger partial charge in [-0.15, -0.1) is 0 Å². The minimum Gasteiger partial charge on any atom is -0.321 e. The Hall–Kier alpha value is -1.65. The lowest BCUT2D eigenvalue weighted by Gasteiger charge is -2.09. The number of nitrogens with zero attached hydrogens (tertiary/aromatic N) is 1. The summed E-state index contributed by atoms with van der Waals surface area (Å²) in [4.78, 5) is 15.3. The van der Waals surface area contributed by atoms with Crippen molar-refractivity contribution in [1.82, 2.24) is 4.98 Å². The van der Waals surface area contributed by atoms with Gasteiger partial charge in [-0.25, -0.2) is 4.98 Å². The number of hydrogen-bond acceptors (Lipinski definition) is 2. The molecular weight excluding hydrogens is 290 g/mol. The highest BCUT2D eigenvalue weighted by Crippen LogP contribution is 2.29. The third-order valence-electron chi connectivity index (χ3n) is 2.49. The van der Waals surface area contributed by atoms with Gasteiger partial charge in [0.2, 0.25) is 5.95 Å². The lowest BCUT2D eigenvalue weighted by Crippen LogP contribution is -2.12. The van der Waals surface area contributed by atoms with E-state index in [1.165, 1.54) is 12.3 Å². The largest absolute Gasteiger partial charge is 0.321 e. The van der Waals surface area contributed by atoms with Crippen molar-refractivity contribution in [1.29, 1.82) is 0 Å². The lowest BCUT2D eigenvalue weighted by atomic mass is 10.2. The van der Waals surface area contributed by atoms with Gasteiger partial charge in [-0.1, -0.05) is 23.2 Å². The van der Waals surface area contributed by atoms with Crippen LogP contribution in [0, 0.1) is 12.9 Å². The minimum atomic E-state index is -0.722. The molecule has 0 spiro atoms. The van der Waals surface area contributed by atoms with E-state index in [0.717, 1.165) is 11.6 Å². The highest BCUT2D eigenvalue weighted by atomic mass is 35.5. The van der Waals surface area contributed by atoms with Gasteiger partial charge >= 0.3 is 0 Å². The quantitative estimate of drug-likeness (QED) is 0.849. The summed E-state index contributed by atoms with van der Waals surface area (Å²) in [7, 11) is 0. The zero-order chi connectivity index (χ0) is 14.0. The minimum absolute atomic E-state index is 0.153. The molecule has 0 radical (unpaired) electrons. The van der Waals surface area contributed by atoms with Gasteiger partial charge < -0.3 is 5.32 Å². The van der Waals surface area contributed by atoms with Crippen LogP contribution in [0.4, 0.5) is 10.1 Å². The number of anilines is 1. The molecule has 0 fully saturated rings. The van der Waals surface area contributed by atoms with Crippen molar-refractivity contribution in [3.05, 3.63) is 57.6 Å². The van der Waals surface area contributed by atoms with Gasteiger partial charge in [0.1, 0.15) is 0 Å². The van der Waals surface area contributed by atoms with E-state index in [0.29, 0.717) is 15.7 Å². The fourth-order valence-electron chi connectivity index (χ4n) is 1.48. The Balaban J connectivity index is 2.27. The van der Waals surface area contributed by atoms with E-state index in [2.05, 4.69) is 10.3 Å². The summed E-state index contributed by atoms with van der Waals surface area (Å²) in [6.45, 7) is 1.80. The second-order valence-corrected chi connectivity index (χ2v) is 4.72. The number of carbonyl (C=O) groups excluding carboxylic acids is 1. The molecule has 0 saturated heterocycles. The molecule has 1 heterocycles. The Bertz CT molecular complexity index is 647. The zero-order valence-electron chi connectivity index (χ0n) is 9.88. The van der Waals surface area contributed by atoms with Gasteiger partial charge in [0.25, 0.3) is 5.91 Å². The average molecular weight is 299 g/mol. The van der Waals surface area contributed by atoms with Crippen LogP contribution in [0.25, 0.3) is 0 Å². The van der Waals surface area contributed by atoms with E-state index in [-0.39, 0.29) is 5.56 Å². The molecule has 0 aliphatic heterocycles. The Labute approximate surface area is 119 Å². The SMILES string of the molecule is Cc1cc(Cl)c(NC(=O)c2ccnc(F)c2)cc1Cl. The zero-order valence-corrected chi connectivity index (χ0v) is 11.4. The summed E-state index contributed by atoms with van der Waals surface area (Å²) in [5.74, 6) is -1.20. The maximum atomic E-state index is 12.9. The Morgan fingerprint density at radius 2 is 2.00 bits per heavy atom. The summed E-state index contributed by atoms with van der Waals surface area (Å²) in [6.07, 6.45) is 1.22. The summed E-state index contributed by atoms with van der Waals surface area (Å²) in [5.41, 5.74) is 1.33. The molecule has 0 saturated carbocycles. The molecule has 1 amide bonds. The predicted octanol–water partition coefficient (Wildman–Crippen LogP) is 4.09. The molecule has 2 aromatic rings. The summed E-state index contributed by atoms with van der Waals surface area (Å²) in [5, 5.41) is 3.42. The Morgan fingerprint density at radius 1 is 1.26 bits per heavy atom. The molecular formula is C13H9Cl2FN2O. The second kappa shape index (κ2) is 5.55. The van der Waals surface area contributed by atoms with Crippen LogP contribution in [0.1, 0.15) is 15.9 Å². The van der Waals surface area contributed by atoms with Crippen LogP contribution >= 0.6 is 23.2 Å². The maximum absolute atomic E-state index is 12.9. The van der Waals surface area contributed by atoms with Crippen molar-refractivity contribution in [2.45, 2.75) is 6.92 Å². The van der Waals surface area contributed by atoms with E-state index in [1.54, 1.807) is 19.1 Å². The molecule has 1 aromatic carbocycles. The standard InChI is InChI=1S/C13H9Cl2FN2O/c1-7-4-10(15)11(6-9(7)14)18-13(19)8-2-3-17-12(16)5-8/h2-6H,1H3,(H,18,19). The number of nitrogens with one attached hydrogen (secondary N) is 1. The summed E-state index contributed by atoms with van der Waals surface area (Å²) < 4.78 is 12.9. The third kappa shape index (κ3) is 3.22. The van der Waals surface area contributed by atoms with Crippen molar-refractivity contribution in [3.8, 4) is 0 Å². The van der Waals surface area contributed by atoms with Crippen LogP contribution in [0.3, 0.4) is 0 Å². The number of benzene rings is 1. The number of halogens is 3. The lowest BCUT2D eigenvalue weighted by molar-refractivity contribution is 0.102. The number of aromatic nitrogens is 1. The second-order valence-electron chi connectivity index (χ2n) is 3.90. The van der Waals surface area contributed by atoms with Gasteiger partial charge in [0.05, 0.1) is 10.7 Å². The number of aryl methyl sites for hydroxylation is 1. The van der Waals surface area contributed by atoms with Gasteiger partial charge in [0, 0.05) is 22.8 Å². The molecule has 6 heteroatoms. The molecule has 1 aromatic heterocycles. The van der Waals surface area contributed by atoms with E-state index in [1.807, 2.05) is 0 Å². The van der Waals surface area contributed by atoms with Crippen molar-refractivity contribution in [2.24, 2.45) is 0 Å². The van der Waals surface area contributed by atoms with Crippen molar-refractivity contribution < 1.29 is 9.18 Å². The van der Waals surface area contributed by atoms with E-state index in [9.17, 15) is 9.18 Å². The molecule has 0 aliphatic carbocycles. The number of carbonyl (C=O) groups is 1. The molecule has 19 heavy (non-hydrogen) atoms. The first kappa shape index (κ1) is 13.8. The number of pyridine rings is 1. The smallest absolute Gasteiger partial charge is 0.255 e. The van der Waals surface area contributed by atoms with Crippen molar-refractivity contribution in [2.75, 3.05) is 5.32 Å². The topological polar surface area (TPSA) is 42.0 Å². The molecule has 0 unspecified atom stereocenters. The Morgan fingerprint density at radius 3 is 2.68 bits per heavy atom. The van der Waals surface area contributed by atoms with Crippen molar-refractivity contribution in [3.63, 3.8) is 0 Å². The first-order valence-electron chi connectivity index (χ1n) is 5.36. The van der Waals surface area contributed by atoms with Gasteiger partial charge in [-0.05, 0) is 30.7 Å². The first-order valence-corrected chi connectivity index (χ1v) is 6.11. The molecule has 0 aliphatic rings. The van der Waals surface area contributed by atoms with Crippen LogP contribution in [0.15, 0.2) is 30.5 Å². The number of hydrogen-bond donors (Lipinski definition) is 1. The fraction of sp³-hybridized carbons (Fsp3) is 0.0769. The Kier molecular flexibility index (Phi) is 4.02. The fourth-order valence-corrected chi connectivity index (χ4v) is 1.91. The van der Waals surface area contributed by atoms with Crippen LogP contribution in [-0.2, 0) is 0 Å². The van der Waals surface area contributed by atoms with E-state index >= 15 is 0 Å². The summed E-state index contributed by atoms with van der Waals surface area (Å²) >= 11 is 12.0. The first-order chi connectivity index (χ1) is 8.97. The number of rotatable bonds is 2. The molecule has 0 atom stereocenters. The molecule has 0 bridgehead atoms. The van der Waals surface area contributed by atoms with Gasteiger partial charge in [-0.3, -0.25) is 4.79 Å². The average Bonchev–Trinajstić information content (AvgIpc) is 2.36. The van der Waals surface area contributed by atoms with Crippen molar-refractivity contribution >= 4 is 34.8 Å². The predicted molar refractivity (Wildman–Crippen MR) is 73.3 cm³/mol. The van der Waals surface area contributed by atoms with Gasteiger partial charge in [-0.2, -0.15) is 4.39 Å². The molecule has 3 nitrogen and oxygen atoms in total. The van der Waals surface area contributed by atoms with Crippen LogP contribution in [0.5, 0.6) is 0 Å². The van der Waals surface area contributed by atoms with Crippen LogP contribution < -0.4 is 5.32 Å². The molecule has 98 valence electrons. The normalized spacial score (nSPS) is 10.3. The monoisotopic (exact) mass is 298 g/mol. The van der Waals surface area contributed by atoms with E-state index in [4.69, 9.17) is 23.2 Å². The maximum Gasteiger partial charge on any atom is 0.255 e. The molecule has 1 N–H and O–H groups in total. The highest BCUT2D eigenvalue weighted by molar-refractivity contribution is 6.36. The van der Waals surface area contributed by atoms with Crippen LogP contribution in [-0.4, -0.2) is 10.9 Å². The van der Waals surface area contributed by atoms with E-state index < -0.39 is 11.9 Å².